The minimum absolute atomic E-state index is 0.0165. The summed E-state index contributed by atoms with van der Waals surface area (Å²) >= 11 is 7.47. The van der Waals surface area contributed by atoms with Gasteiger partial charge in [-0.2, -0.15) is 11.8 Å². The van der Waals surface area contributed by atoms with Crippen molar-refractivity contribution in [3.63, 3.8) is 0 Å². The highest BCUT2D eigenvalue weighted by Crippen LogP contribution is 2.26. The summed E-state index contributed by atoms with van der Waals surface area (Å²) in [4.78, 5) is 10.9. The van der Waals surface area contributed by atoms with Gasteiger partial charge in [0.15, 0.2) is 0 Å². The maximum absolute atomic E-state index is 12.1. The molecule has 2 N–H and O–H groups in total. The lowest BCUT2D eigenvalue weighted by Crippen LogP contribution is -2.30. The number of thioether (sulfide) groups is 1. The molecule has 1 heterocycles. The van der Waals surface area contributed by atoms with E-state index >= 15 is 0 Å². The van der Waals surface area contributed by atoms with Gasteiger partial charge in [-0.05, 0) is 36.8 Å². The number of hydrogen-bond donors (Lipinski definition) is 2. The average Bonchev–Trinajstić information content (AvgIpc) is 2.89. The van der Waals surface area contributed by atoms with Crippen LogP contribution in [0.2, 0.25) is 5.02 Å². The highest BCUT2D eigenvalue weighted by molar-refractivity contribution is 8.00. The summed E-state index contributed by atoms with van der Waals surface area (Å²) in [6.45, 7) is 0.359. The van der Waals surface area contributed by atoms with Crippen LogP contribution < -0.4 is 4.72 Å². The second-order valence-corrected chi connectivity index (χ2v) is 8.02. The highest BCUT2D eigenvalue weighted by Gasteiger charge is 2.21. The van der Waals surface area contributed by atoms with Crippen molar-refractivity contribution in [2.24, 2.45) is 0 Å². The van der Waals surface area contributed by atoms with E-state index in [0.717, 1.165) is 24.7 Å². The molecule has 0 amide bonds. The van der Waals surface area contributed by atoms with E-state index in [1.165, 1.54) is 12.1 Å². The fraction of sp³-hybridized carbons (Fsp3) is 0.417. The summed E-state index contributed by atoms with van der Waals surface area (Å²) in [5.74, 6) is -0.199. The third-order valence-electron chi connectivity index (χ3n) is 3.00. The number of hydrogen-bond acceptors (Lipinski definition) is 4. The van der Waals surface area contributed by atoms with Crippen molar-refractivity contribution in [2.75, 3.05) is 12.3 Å². The van der Waals surface area contributed by atoms with Crippen LogP contribution in [0.1, 0.15) is 23.2 Å². The number of halogens is 1. The molecule has 0 radical (unpaired) electrons. The minimum Gasteiger partial charge on any atom is -0.478 e. The van der Waals surface area contributed by atoms with Crippen molar-refractivity contribution in [3.8, 4) is 0 Å². The third kappa shape index (κ3) is 3.66. The maximum atomic E-state index is 12.1. The molecule has 1 atom stereocenters. The highest BCUT2D eigenvalue weighted by atomic mass is 35.5. The zero-order valence-corrected chi connectivity index (χ0v) is 12.9. The van der Waals surface area contributed by atoms with Crippen LogP contribution in [-0.4, -0.2) is 37.0 Å². The van der Waals surface area contributed by atoms with E-state index in [4.69, 9.17) is 16.7 Å². The van der Waals surface area contributed by atoms with Crippen molar-refractivity contribution in [2.45, 2.75) is 23.0 Å². The number of carbonyl (C=O) groups is 1. The Bertz CT molecular complexity index is 612. The second kappa shape index (κ2) is 6.34. The van der Waals surface area contributed by atoms with Crippen LogP contribution in [0.5, 0.6) is 0 Å². The molecule has 1 aromatic carbocycles. The Balaban J connectivity index is 2.16. The number of sulfonamides is 1. The molecule has 20 heavy (non-hydrogen) atoms. The van der Waals surface area contributed by atoms with Gasteiger partial charge in [-0.3, -0.25) is 0 Å². The Morgan fingerprint density at radius 2 is 2.25 bits per heavy atom. The Morgan fingerprint density at radius 1 is 1.50 bits per heavy atom. The predicted molar refractivity (Wildman–Crippen MR) is 79.1 cm³/mol. The molecule has 1 aliphatic heterocycles. The Kier molecular flexibility index (Phi) is 4.95. The molecule has 8 heteroatoms. The molecule has 110 valence electrons. The molecule has 0 bridgehead atoms. The fourth-order valence-corrected chi connectivity index (χ4v) is 4.54. The maximum Gasteiger partial charge on any atom is 0.337 e. The van der Waals surface area contributed by atoms with E-state index in [0.29, 0.717) is 6.54 Å². The number of benzene rings is 1. The zero-order valence-electron chi connectivity index (χ0n) is 10.5. The Morgan fingerprint density at radius 3 is 2.85 bits per heavy atom. The second-order valence-electron chi connectivity index (χ2n) is 4.43. The molecule has 0 aromatic heterocycles. The minimum atomic E-state index is -3.71. The van der Waals surface area contributed by atoms with Gasteiger partial charge in [0.05, 0.1) is 15.5 Å². The van der Waals surface area contributed by atoms with Gasteiger partial charge in [0.2, 0.25) is 10.0 Å². The number of rotatable bonds is 5. The molecule has 1 aliphatic rings. The molecular formula is C12H14ClNO4S2. The fourth-order valence-electron chi connectivity index (χ4n) is 1.93. The third-order valence-corrected chi connectivity index (χ3v) is 6.15. The summed E-state index contributed by atoms with van der Waals surface area (Å²) in [5.41, 5.74) is -0.218. The van der Waals surface area contributed by atoms with Crippen molar-refractivity contribution in [1.29, 1.82) is 0 Å². The van der Waals surface area contributed by atoms with E-state index in [2.05, 4.69) is 4.72 Å². The first kappa shape index (κ1) is 15.6. The molecular weight excluding hydrogens is 322 g/mol. The van der Waals surface area contributed by atoms with Gasteiger partial charge < -0.3 is 5.11 Å². The molecule has 1 fully saturated rings. The Hall–Kier alpha value is -0.760. The predicted octanol–water partition coefficient (Wildman–Crippen LogP) is 2.21. The van der Waals surface area contributed by atoms with E-state index in [9.17, 15) is 13.2 Å². The number of nitrogens with one attached hydrogen (secondary N) is 1. The molecule has 0 saturated carbocycles. The zero-order chi connectivity index (χ0) is 14.8. The summed E-state index contributed by atoms with van der Waals surface area (Å²) in [7, 11) is -3.71. The number of carboxylic acids is 1. The van der Waals surface area contributed by atoms with Crippen LogP contribution in [0.4, 0.5) is 0 Å². The lowest BCUT2D eigenvalue weighted by Gasteiger charge is -2.11. The monoisotopic (exact) mass is 335 g/mol. The summed E-state index contributed by atoms with van der Waals surface area (Å²) in [6, 6.07) is 3.66. The Labute approximate surface area is 126 Å². The molecule has 1 unspecified atom stereocenters. The van der Waals surface area contributed by atoms with Crippen molar-refractivity contribution >= 4 is 39.4 Å². The largest absolute Gasteiger partial charge is 0.478 e. The number of carboxylic acid groups (broad SMARTS) is 1. The summed E-state index contributed by atoms with van der Waals surface area (Å²) < 4.78 is 26.8. The normalized spacial score (nSPS) is 19.1. The van der Waals surface area contributed by atoms with Crippen LogP contribution in [0.3, 0.4) is 0 Å². The van der Waals surface area contributed by atoms with Gasteiger partial charge in [0, 0.05) is 11.8 Å². The standard InChI is InChI=1S/C12H14ClNO4S2/c13-11-4-3-9(6-10(11)12(15)16)20(17,18)14-7-8-2-1-5-19-8/h3-4,6,8,14H,1-2,5,7H2,(H,15,16). The van der Waals surface area contributed by atoms with Crippen LogP contribution >= 0.6 is 23.4 Å². The lowest BCUT2D eigenvalue weighted by molar-refractivity contribution is 0.0697. The van der Waals surface area contributed by atoms with Gasteiger partial charge in [0.25, 0.3) is 0 Å². The van der Waals surface area contributed by atoms with Gasteiger partial charge in [0.1, 0.15) is 0 Å². The molecule has 2 rings (SSSR count). The lowest BCUT2D eigenvalue weighted by atomic mass is 10.2. The first-order chi connectivity index (χ1) is 9.40. The average molecular weight is 336 g/mol. The summed E-state index contributed by atoms with van der Waals surface area (Å²) in [5, 5.41) is 9.26. The molecule has 5 nitrogen and oxygen atoms in total. The van der Waals surface area contributed by atoms with E-state index in [-0.39, 0.29) is 20.7 Å². The van der Waals surface area contributed by atoms with E-state index in [1.807, 2.05) is 0 Å². The molecule has 1 saturated heterocycles. The number of aromatic carboxylic acids is 1. The SMILES string of the molecule is O=C(O)c1cc(S(=O)(=O)NCC2CCCS2)ccc1Cl. The van der Waals surface area contributed by atoms with E-state index in [1.54, 1.807) is 11.8 Å². The van der Waals surface area contributed by atoms with Crippen LogP contribution in [0.15, 0.2) is 23.1 Å². The smallest absolute Gasteiger partial charge is 0.337 e. The van der Waals surface area contributed by atoms with Gasteiger partial charge in [-0.25, -0.2) is 17.9 Å². The first-order valence-electron chi connectivity index (χ1n) is 6.04. The van der Waals surface area contributed by atoms with Gasteiger partial charge >= 0.3 is 5.97 Å². The van der Waals surface area contributed by atoms with Crippen molar-refractivity contribution in [1.82, 2.24) is 4.72 Å². The molecule has 0 aliphatic carbocycles. The summed E-state index contributed by atoms with van der Waals surface area (Å²) in [6.07, 6.45) is 2.09. The van der Waals surface area contributed by atoms with Gasteiger partial charge in [-0.15, -0.1) is 0 Å². The van der Waals surface area contributed by atoms with Crippen LogP contribution in [0.25, 0.3) is 0 Å². The topological polar surface area (TPSA) is 83.5 Å². The molecule has 1 aromatic rings. The first-order valence-corrected chi connectivity index (χ1v) is 8.95. The van der Waals surface area contributed by atoms with E-state index < -0.39 is 16.0 Å². The van der Waals surface area contributed by atoms with Gasteiger partial charge in [-0.1, -0.05) is 11.6 Å². The molecule has 0 spiro atoms. The van der Waals surface area contributed by atoms with Crippen molar-refractivity contribution in [3.05, 3.63) is 28.8 Å². The quantitative estimate of drug-likeness (QED) is 0.862. The van der Waals surface area contributed by atoms with Crippen LogP contribution in [-0.2, 0) is 10.0 Å². The van der Waals surface area contributed by atoms with Crippen molar-refractivity contribution < 1.29 is 18.3 Å². The van der Waals surface area contributed by atoms with Crippen LogP contribution in [0, 0.1) is 0 Å².